The van der Waals surface area contributed by atoms with E-state index in [0.717, 1.165) is 4.70 Å². The molecule has 1 saturated heterocycles. The van der Waals surface area contributed by atoms with Crippen molar-refractivity contribution in [2.24, 2.45) is 5.41 Å². The highest BCUT2D eigenvalue weighted by Crippen LogP contribution is 2.29. The fraction of sp³-hybridized carbons (Fsp3) is 0.417. The Balaban J connectivity index is 1.82. The van der Waals surface area contributed by atoms with Crippen LogP contribution in [0.1, 0.15) is 0 Å². The monoisotopic (exact) mass is 348 g/mol. The van der Waals surface area contributed by atoms with E-state index in [9.17, 15) is 13.5 Å². The van der Waals surface area contributed by atoms with Crippen LogP contribution in [-0.2, 0) is 14.8 Å². The average Bonchev–Trinajstić information content (AvgIpc) is 2.77. The van der Waals surface area contributed by atoms with E-state index in [4.69, 9.17) is 16.3 Å². The number of benzene rings is 1. The first-order chi connectivity index (χ1) is 9.94. The Morgan fingerprint density at radius 1 is 1.48 bits per heavy atom. The Bertz CT molecular complexity index is 765. The number of aliphatic hydroxyl groups is 1. The third-order valence-corrected chi connectivity index (χ3v) is 5.97. The van der Waals surface area contributed by atoms with Crippen LogP contribution in [0.25, 0.3) is 10.2 Å². The maximum Gasteiger partial charge on any atom is 0.240 e. The third kappa shape index (κ3) is 2.92. The van der Waals surface area contributed by atoms with Gasteiger partial charge in [-0.1, -0.05) is 11.6 Å². The predicted molar refractivity (Wildman–Crippen MR) is 80.2 cm³/mol. The molecule has 114 valence electrons. The molecule has 0 spiro atoms. The molecule has 1 aliphatic heterocycles. The molecule has 9 heteroatoms. The number of rotatable bonds is 5. The SMILES string of the molecule is O=S(=O)(NCC1(CO)COC1)c1ccc2sc(Cl)nc2c1. The Hall–Kier alpha value is -0.770. The minimum atomic E-state index is -3.66. The number of nitrogens with zero attached hydrogens (tertiary/aromatic N) is 1. The minimum absolute atomic E-state index is 0.115. The van der Waals surface area contributed by atoms with Gasteiger partial charge in [-0.15, -0.1) is 11.3 Å². The van der Waals surface area contributed by atoms with Gasteiger partial charge >= 0.3 is 0 Å². The largest absolute Gasteiger partial charge is 0.396 e. The van der Waals surface area contributed by atoms with E-state index < -0.39 is 15.4 Å². The number of hydrogen-bond donors (Lipinski definition) is 2. The summed E-state index contributed by atoms with van der Waals surface area (Å²) in [6.07, 6.45) is 0. The smallest absolute Gasteiger partial charge is 0.240 e. The molecule has 3 rings (SSSR count). The van der Waals surface area contributed by atoms with Gasteiger partial charge in [0.25, 0.3) is 0 Å². The summed E-state index contributed by atoms with van der Waals surface area (Å²) in [5, 5.41) is 9.31. The summed E-state index contributed by atoms with van der Waals surface area (Å²) in [6.45, 7) is 0.734. The molecule has 0 unspecified atom stereocenters. The van der Waals surface area contributed by atoms with Crippen LogP contribution in [0.2, 0.25) is 4.47 Å². The van der Waals surface area contributed by atoms with Crippen LogP contribution in [0.4, 0.5) is 0 Å². The topological polar surface area (TPSA) is 88.5 Å². The Morgan fingerprint density at radius 2 is 2.24 bits per heavy atom. The van der Waals surface area contributed by atoms with Gasteiger partial charge in [-0.05, 0) is 18.2 Å². The lowest BCUT2D eigenvalue weighted by Crippen LogP contribution is -2.53. The highest BCUT2D eigenvalue weighted by Gasteiger charge is 2.39. The lowest BCUT2D eigenvalue weighted by Gasteiger charge is -2.39. The van der Waals surface area contributed by atoms with Crippen molar-refractivity contribution < 1.29 is 18.3 Å². The number of sulfonamides is 1. The van der Waals surface area contributed by atoms with E-state index in [2.05, 4.69) is 9.71 Å². The summed E-state index contributed by atoms with van der Waals surface area (Å²) in [4.78, 5) is 4.20. The van der Waals surface area contributed by atoms with Gasteiger partial charge in [-0.2, -0.15) is 0 Å². The number of hydrogen-bond acceptors (Lipinski definition) is 6. The molecule has 2 N–H and O–H groups in total. The lowest BCUT2D eigenvalue weighted by atomic mass is 9.87. The molecule has 2 heterocycles. The van der Waals surface area contributed by atoms with E-state index in [-0.39, 0.29) is 18.0 Å². The van der Waals surface area contributed by atoms with E-state index in [1.165, 1.54) is 23.5 Å². The Kier molecular flexibility index (Phi) is 3.93. The van der Waals surface area contributed by atoms with Crippen molar-refractivity contribution in [2.45, 2.75) is 4.90 Å². The van der Waals surface area contributed by atoms with Crippen molar-refractivity contribution >= 4 is 43.2 Å². The van der Waals surface area contributed by atoms with Crippen molar-refractivity contribution in [1.82, 2.24) is 9.71 Å². The van der Waals surface area contributed by atoms with Gasteiger partial charge in [-0.25, -0.2) is 18.1 Å². The number of halogens is 1. The van der Waals surface area contributed by atoms with Crippen LogP contribution >= 0.6 is 22.9 Å². The van der Waals surface area contributed by atoms with Crippen molar-refractivity contribution in [2.75, 3.05) is 26.4 Å². The summed E-state index contributed by atoms with van der Waals surface area (Å²) >= 11 is 7.11. The zero-order chi connectivity index (χ0) is 15.1. The normalized spacial score (nSPS) is 17.8. The van der Waals surface area contributed by atoms with E-state index >= 15 is 0 Å². The maximum atomic E-state index is 12.3. The van der Waals surface area contributed by atoms with Crippen LogP contribution in [0.15, 0.2) is 23.1 Å². The molecule has 6 nitrogen and oxygen atoms in total. The summed E-state index contributed by atoms with van der Waals surface area (Å²) < 4.78 is 33.4. The van der Waals surface area contributed by atoms with Gasteiger partial charge in [0.2, 0.25) is 10.0 Å². The summed E-state index contributed by atoms with van der Waals surface area (Å²) in [5.41, 5.74) is 0.0397. The first kappa shape index (κ1) is 15.1. The fourth-order valence-electron chi connectivity index (χ4n) is 2.02. The molecule has 0 amide bonds. The van der Waals surface area contributed by atoms with Crippen molar-refractivity contribution in [1.29, 1.82) is 0 Å². The Morgan fingerprint density at radius 3 is 2.86 bits per heavy atom. The van der Waals surface area contributed by atoms with Gasteiger partial charge in [-0.3, -0.25) is 0 Å². The number of nitrogens with one attached hydrogen (secondary N) is 1. The van der Waals surface area contributed by atoms with E-state index in [1.54, 1.807) is 6.07 Å². The number of aliphatic hydroxyl groups excluding tert-OH is 1. The predicted octanol–water partition coefficient (Wildman–Crippen LogP) is 1.24. The first-order valence-electron chi connectivity index (χ1n) is 6.19. The molecule has 0 saturated carbocycles. The van der Waals surface area contributed by atoms with Crippen LogP contribution in [-0.4, -0.2) is 44.9 Å². The molecule has 0 radical (unpaired) electrons. The van der Waals surface area contributed by atoms with Crippen molar-refractivity contribution in [3.05, 3.63) is 22.7 Å². The summed E-state index contributed by atoms with van der Waals surface area (Å²) in [5.74, 6) is 0. The average molecular weight is 349 g/mol. The molecular formula is C12H13ClN2O4S2. The van der Waals surface area contributed by atoms with Gasteiger partial charge in [0.15, 0.2) is 4.47 Å². The molecule has 1 aromatic carbocycles. The first-order valence-corrected chi connectivity index (χ1v) is 8.86. The van der Waals surface area contributed by atoms with Crippen LogP contribution in [0, 0.1) is 5.41 Å². The number of thiazole rings is 1. The van der Waals surface area contributed by atoms with Crippen molar-refractivity contribution in [3.63, 3.8) is 0 Å². The summed E-state index contributed by atoms with van der Waals surface area (Å²) in [7, 11) is -3.66. The Labute approximate surface area is 130 Å². The maximum absolute atomic E-state index is 12.3. The molecule has 1 fully saturated rings. The number of ether oxygens (including phenoxy) is 1. The van der Waals surface area contributed by atoms with E-state index in [1.807, 2.05) is 0 Å². The van der Waals surface area contributed by atoms with Gasteiger partial charge in [0.1, 0.15) is 0 Å². The molecule has 2 aromatic rings. The highest BCUT2D eigenvalue weighted by atomic mass is 35.5. The van der Waals surface area contributed by atoms with Crippen LogP contribution < -0.4 is 4.72 Å². The standard InChI is InChI=1S/C12H13ClN2O4S2/c13-11-15-9-3-8(1-2-10(9)20-11)21(17,18)14-4-12(5-16)6-19-7-12/h1-3,14,16H,4-7H2. The minimum Gasteiger partial charge on any atom is -0.396 e. The van der Waals surface area contributed by atoms with Crippen LogP contribution in [0.5, 0.6) is 0 Å². The molecule has 0 atom stereocenters. The molecule has 0 aliphatic carbocycles. The second kappa shape index (κ2) is 5.45. The molecule has 1 aromatic heterocycles. The second-order valence-electron chi connectivity index (χ2n) is 5.07. The quantitative estimate of drug-likeness (QED) is 0.848. The molecule has 1 aliphatic rings. The fourth-order valence-corrected chi connectivity index (χ4v) is 4.21. The van der Waals surface area contributed by atoms with Crippen LogP contribution in [0.3, 0.4) is 0 Å². The molecule has 21 heavy (non-hydrogen) atoms. The van der Waals surface area contributed by atoms with Gasteiger partial charge in [0.05, 0.1) is 40.3 Å². The van der Waals surface area contributed by atoms with E-state index in [0.29, 0.717) is 23.2 Å². The van der Waals surface area contributed by atoms with Crippen molar-refractivity contribution in [3.8, 4) is 0 Å². The lowest BCUT2D eigenvalue weighted by molar-refractivity contribution is -0.132. The van der Waals surface area contributed by atoms with Gasteiger partial charge < -0.3 is 9.84 Å². The zero-order valence-corrected chi connectivity index (χ0v) is 13.3. The summed E-state index contributed by atoms with van der Waals surface area (Å²) in [6, 6.07) is 4.69. The number of fused-ring (bicyclic) bond motifs is 1. The zero-order valence-electron chi connectivity index (χ0n) is 10.9. The highest BCUT2D eigenvalue weighted by molar-refractivity contribution is 7.89. The number of aromatic nitrogens is 1. The third-order valence-electron chi connectivity index (χ3n) is 3.43. The van der Waals surface area contributed by atoms with Gasteiger partial charge in [0, 0.05) is 6.54 Å². The molecular weight excluding hydrogens is 336 g/mol. The molecule has 0 bridgehead atoms. The second-order valence-corrected chi connectivity index (χ2v) is 8.45.